The lowest BCUT2D eigenvalue weighted by molar-refractivity contribution is 0.0990. The molecule has 0 aromatic heterocycles. The first kappa shape index (κ1) is 14.3. The van der Waals surface area contributed by atoms with Crippen LogP contribution in [0.25, 0.3) is 0 Å². The second-order valence-electron chi connectivity index (χ2n) is 4.04. The van der Waals surface area contributed by atoms with Crippen LogP contribution in [0.4, 0.5) is 0 Å². The summed E-state index contributed by atoms with van der Waals surface area (Å²) < 4.78 is 6.23. The number of rotatable bonds is 4. The monoisotopic (exact) mass is 386 g/mol. The van der Waals surface area contributed by atoms with Crippen molar-refractivity contribution in [3.63, 3.8) is 0 Å². The fourth-order valence-corrected chi connectivity index (χ4v) is 2.50. The van der Waals surface area contributed by atoms with E-state index in [1.165, 1.54) is 0 Å². The summed E-state index contributed by atoms with van der Waals surface area (Å²) in [5.74, 6) is 0.598. The van der Waals surface area contributed by atoms with E-state index < -0.39 is 0 Å². The zero-order valence-electron chi connectivity index (χ0n) is 10.3. The molecule has 0 radical (unpaired) electrons. The molecule has 2 rings (SSSR count). The first-order chi connectivity index (χ1) is 9.11. The molecule has 0 aliphatic heterocycles. The molecular formula is C15H12ClIO2. The second kappa shape index (κ2) is 6.39. The molecule has 0 saturated carbocycles. The van der Waals surface area contributed by atoms with E-state index >= 15 is 0 Å². The summed E-state index contributed by atoms with van der Waals surface area (Å²) in [6.07, 6.45) is 0.274. The fourth-order valence-electron chi connectivity index (χ4n) is 1.81. The number of methoxy groups -OCH3 is 1. The molecule has 0 aliphatic rings. The lowest BCUT2D eigenvalue weighted by atomic mass is 10.0. The summed E-state index contributed by atoms with van der Waals surface area (Å²) in [5.41, 5.74) is 1.42. The minimum absolute atomic E-state index is 0.00321. The predicted molar refractivity (Wildman–Crippen MR) is 85.2 cm³/mol. The van der Waals surface area contributed by atoms with E-state index in [2.05, 4.69) is 22.6 Å². The molecule has 0 spiro atoms. The minimum atomic E-state index is 0.00321. The van der Waals surface area contributed by atoms with Gasteiger partial charge >= 0.3 is 0 Å². The van der Waals surface area contributed by atoms with Gasteiger partial charge in [-0.05, 0) is 52.4 Å². The van der Waals surface area contributed by atoms with Crippen molar-refractivity contribution < 1.29 is 9.53 Å². The predicted octanol–water partition coefficient (Wildman–Crippen LogP) is 4.38. The first-order valence-electron chi connectivity index (χ1n) is 5.72. The van der Waals surface area contributed by atoms with Crippen molar-refractivity contribution in [3.8, 4) is 5.75 Å². The summed E-state index contributed by atoms with van der Waals surface area (Å²) in [6.45, 7) is 0. The molecule has 0 bridgehead atoms. The van der Waals surface area contributed by atoms with E-state index in [0.717, 1.165) is 9.13 Å². The molecule has 2 nitrogen and oxygen atoms in total. The Hall–Kier alpha value is -1.07. The van der Waals surface area contributed by atoms with Gasteiger partial charge in [0.1, 0.15) is 5.75 Å². The van der Waals surface area contributed by atoms with Crippen molar-refractivity contribution in [3.05, 3.63) is 62.2 Å². The maximum Gasteiger partial charge on any atom is 0.171 e. The Morgan fingerprint density at radius 1 is 1.26 bits per heavy atom. The van der Waals surface area contributed by atoms with Gasteiger partial charge in [-0.2, -0.15) is 0 Å². The van der Waals surface area contributed by atoms with Crippen LogP contribution < -0.4 is 4.74 Å². The van der Waals surface area contributed by atoms with Gasteiger partial charge in [-0.1, -0.05) is 29.8 Å². The van der Waals surface area contributed by atoms with Gasteiger partial charge in [-0.3, -0.25) is 4.79 Å². The van der Waals surface area contributed by atoms with Crippen molar-refractivity contribution in [2.24, 2.45) is 0 Å². The van der Waals surface area contributed by atoms with Crippen LogP contribution in [0.3, 0.4) is 0 Å². The Kier molecular flexibility index (Phi) is 4.82. The zero-order chi connectivity index (χ0) is 13.8. The summed E-state index contributed by atoms with van der Waals surface area (Å²) in [7, 11) is 1.56. The lowest BCUT2D eigenvalue weighted by Crippen LogP contribution is -2.06. The fraction of sp³-hybridized carbons (Fsp3) is 0.133. The minimum Gasteiger partial charge on any atom is -0.496 e. The van der Waals surface area contributed by atoms with Gasteiger partial charge in [0.05, 0.1) is 12.7 Å². The van der Waals surface area contributed by atoms with Gasteiger partial charge in [-0.15, -0.1) is 0 Å². The second-order valence-corrected chi connectivity index (χ2v) is 5.69. The number of Topliss-reactive ketones (excluding diaryl/α,β-unsaturated/α-hetero) is 1. The number of carbonyl (C=O) groups excluding carboxylic acids is 1. The normalized spacial score (nSPS) is 10.3. The van der Waals surface area contributed by atoms with Crippen LogP contribution >= 0.6 is 34.2 Å². The van der Waals surface area contributed by atoms with Crippen LogP contribution in [0.2, 0.25) is 5.02 Å². The van der Waals surface area contributed by atoms with Gasteiger partial charge in [0.15, 0.2) is 5.78 Å². The van der Waals surface area contributed by atoms with Crippen LogP contribution in [0.1, 0.15) is 15.9 Å². The quantitative estimate of drug-likeness (QED) is 0.576. The molecule has 0 heterocycles. The average molecular weight is 387 g/mol. The highest BCUT2D eigenvalue weighted by molar-refractivity contribution is 14.1. The zero-order valence-corrected chi connectivity index (χ0v) is 13.2. The summed E-state index contributed by atoms with van der Waals surface area (Å²) in [4.78, 5) is 12.4. The number of hydrogen-bond donors (Lipinski definition) is 0. The van der Waals surface area contributed by atoms with Gasteiger partial charge in [0, 0.05) is 15.0 Å². The van der Waals surface area contributed by atoms with E-state index in [1.54, 1.807) is 13.2 Å². The number of benzene rings is 2. The first-order valence-corrected chi connectivity index (χ1v) is 7.17. The molecule has 2 aromatic carbocycles. The van der Waals surface area contributed by atoms with Gasteiger partial charge < -0.3 is 4.74 Å². The molecule has 98 valence electrons. The van der Waals surface area contributed by atoms with E-state index in [-0.39, 0.29) is 12.2 Å². The Morgan fingerprint density at radius 3 is 2.68 bits per heavy atom. The molecular weight excluding hydrogens is 375 g/mol. The molecule has 4 heteroatoms. The lowest BCUT2D eigenvalue weighted by Gasteiger charge is -2.09. The molecule has 0 saturated heterocycles. The Labute approximate surface area is 130 Å². The Bertz CT molecular complexity index is 611. The highest BCUT2D eigenvalue weighted by atomic mass is 127. The molecule has 0 aliphatic carbocycles. The third-order valence-electron chi connectivity index (χ3n) is 2.77. The maximum absolute atomic E-state index is 12.4. The van der Waals surface area contributed by atoms with Gasteiger partial charge in [-0.25, -0.2) is 0 Å². The average Bonchev–Trinajstić information content (AvgIpc) is 2.41. The molecule has 0 unspecified atom stereocenters. The molecule has 2 aromatic rings. The third-order valence-corrected chi connectivity index (χ3v) is 3.81. The Morgan fingerprint density at radius 2 is 2.00 bits per heavy atom. The molecule has 0 atom stereocenters. The van der Waals surface area contributed by atoms with Crippen LogP contribution in [0, 0.1) is 3.57 Å². The molecule has 0 amide bonds. The van der Waals surface area contributed by atoms with Crippen molar-refractivity contribution in [1.29, 1.82) is 0 Å². The smallest absolute Gasteiger partial charge is 0.171 e. The topological polar surface area (TPSA) is 26.3 Å². The largest absolute Gasteiger partial charge is 0.496 e. The van der Waals surface area contributed by atoms with Gasteiger partial charge in [0.2, 0.25) is 0 Å². The van der Waals surface area contributed by atoms with Crippen molar-refractivity contribution in [2.45, 2.75) is 6.42 Å². The van der Waals surface area contributed by atoms with Crippen molar-refractivity contribution in [1.82, 2.24) is 0 Å². The van der Waals surface area contributed by atoms with Crippen LogP contribution in [0.15, 0.2) is 42.5 Å². The summed E-state index contributed by atoms with van der Waals surface area (Å²) in [5, 5.41) is 0.612. The van der Waals surface area contributed by atoms with E-state index in [4.69, 9.17) is 16.3 Å². The van der Waals surface area contributed by atoms with Gasteiger partial charge in [0.25, 0.3) is 0 Å². The SMILES string of the molecule is COc1ccc(I)cc1C(=O)Cc1ccccc1Cl. The highest BCUT2D eigenvalue weighted by Crippen LogP contribution is 2.24. The van der Waals surface area contributed by atoms with Crippen molar-refractivity contribution >= 4 is 40.0 Å². The summed E-state index contributed by atoms with van der Waals surface area (Å²) >= 11 is 8.25. The maximum atomic E-state index is 12.4. The molecule has 0 N–H and O–H groups in total. The molecule has 19 heavy (non-hydrogen) atoms. The third kappa shape index (κ3) is 3.48. The number of ether oxygens (including phenoxy) is 1. The standard InChI is InChI=1S/C15H12ClIO2/c1-19-15-7-6-11(17)9-12(15)14(18)8-10-4-2-3-5-13(10)16/h2-7,9H,8H2,1H3. The summed E-state index contributed by atoms with van der Waals surface area (Å²) in [6, 6.07) is 12.9. The highest BCUT2D eigenvalue weighted by Gasteiger charge is 2.14. The Balaban J connectivity index is 2.30. The van der Waals surface area contributed by atoms with Crippen LogP contribution in [-0.2, 0) is 6.42 Å². The number of halogens is 2. The van der Waals surface area contributed by atoms with E-state index in [1.807, 2.05) is 36.4 Å². The van der Waals surface area contributed by atoms with Crippen LogP contribution in [0.5, 0.6) is 5.75 Å². The van der Waals surface area contributed by atoms with Crippen LogP contribution in [-0.4, -0.2) is 12.9 Å². The number of hydrogen-bond acceptors (Lipinski definition) is 2. The van der Waals surface area contributed by atoms with Crippen molar-refractivity contribution in [2.75, 3.05) is 7.11 Å². The number of ketones is 1. The molecule has 0 fully saturated rings. The van der Waals surface area contributed by atoms with E-state index in [9.17, 15) is 4.79 Å². The van der Waals surface area contributed by atoms with E-state index in [0.29, 0.717) is 16.3 Å². The number of carbonyl (C=O) groups is 1.